The van der Waals surface area contributed by atoms with E-state index in [2.05, 4.69) is 20.5 Å². The quantitative estimate of drug-likeness (QED) is 0.571. The van der Waals surface area contributed by atoms with Crippen molar-refractivity contribution < 1.29 is 9.18 Å². The lowest BCUT2D eigenvalue weighted by Crippen LogP contribution is -2.33. The molecule has 2 aromatic carbocycles. The molecule has 0 aliphatic rings. The van der Waals surface area contributed by atoms with Crippen molar-refractivity contribution in [3.05, 3.63) is 94.2 Å². The lowest BCUT2D eigenvalue weighted by atomic mass is 10.0. The van der Waals surface area contributed by atoms with Gasteiger partial charge in [0.15, 0.2) is 5.69 Å². The van der Waals surface area contributed by atoms with Gasteiger partial charge in [-0.15, -0.1) is 0 Å². The first-order valence-electron chi connectivity index (χ1n) is 8.56. The molecule has 2 heterocycles. The van der Waals surface area contributed by atoms with Crippen molar-refractivity contribution in [3.8, 4) is 0 Å². The number of benzene rings is 2. The van der Waals surface area contributed by atoms with Crippen LogP contribution in [0.15, 0.2) is 65.7 Å². The Morgan fingerprint density at radius 3 is 2.57 bits per heavy atom. The minimum absolute atomic E-state index is 0.0470. The van der Waals surface area contributed by atoms with Gasteiger partial charge in [0.1, 0.15) is 17.7 Å². The summed E-state index contributed by atoms with van der Waals surface area (Å²) in [5.41, 5.74) is -0.0634. The molecule has 7 nitrogen and oxygen atoms in total. The SMILES string of the molecule is Cn1ccnc1[C@@H](NC(=O)c1n[nH]c(=O)c2ccccc12)c1ccccc1F. The van der Waals surface area contributed by atoms with Crippen LogP contribution in [0, 0.1) is 5.82 Å². The van der Waals surface area contributed by atoms with E-state index >= 15 is 0 Å². The van der Waals surface area contributed by atoms with Gasteiger partial charge in [-0.2, -0.15) is 5.10 Å². The van der Waals surface area contributed by atoms with Gasteiger partial charge in [-0.1, -0.05) is 36.4 Å². The van der Waals surface area contributed by atoms with E-state index in [9.17, 15) is 14.0 Å². The van der Waals surface area contributed by atoms with Crippen molar-refractivity contribution in [1.82, 2.24) is 25.1 Å². The minimum Gasteiger partial charge on any atom is -0.336 e. The number of nitrogens with one attached hydrogen (secondary N) is 2. The van der Waals surface area contributed by atoms with Crippen LogP contribution < -0.4 is 10.9 Å². The van der Waals surface area contributed by atoms with E-state index in [0.29, 0.717) is 16.6 Å². The molecule has 0 aliphatic carbocycles. The monoisotopic (exact) mass is 377 g/mol. The van der Waals surface area contributed by atoms with Gasteiger partial charge in [0.25, 0.3) is 11.5 Å². The third-order valence-corrected chi connectivity index (χ3v) is 4.52. The number of carbonyl (C=O) groups is 1. The molecule has 0 spiro atoms. The number of fused-ring (bicyclic) bond motifs is 1. The molecule has 0 aliphatic heterocycles. The minimum atomic E-state index is -0.832. The number of carbonyl (C=O) groups excluding carboxylic acids is 1. The van der Waals surface area contributed by atoms with Gasteiger partial charge >= 0.3 is 0 Å². The first-order valence-corrected chi connectivity index (χ1v) is 8.56. The molecule has 0 radical (unpaired) electrons. The molecular formula is C20H16FN5O2. The highest BCUT2D eigenvalue weighted by Gasteiger charge is 2.25. The fourth-order valence-electron chi connectivity index (χ4n) is 3.13. The van der Waals surface area contributed by atoms with E-state index in [4.69, 9.17) is 0 Å². The number of aromatic amines is 1. The van der Waals surface area contributed by atoms with Crippen molar-refractivity contribution in [2.24, 2.45) is 7.05 Å². The number of imidazole rings is 1. The van der Waals surface area contributed by atoms with E-state index in [0.717, 1.165) is 0 Å². The molecule has 4 rings (SSSR count). The summed E-state index contributed by atoms with van der Waals surface area (Å²) in [5.74, 6) is -0.550. The van der Waals surface area contributed by atoms with Crippen LogP contribution in [0.1, 0.15) is 27.9 Å². The van der Waals surface area contributed by atoms with E-state index in [1.165, 1.54) is 6.07 Å². The number of rotatable bonds is 4. The van der Waals surface area contributed by atoms with Gasteiger partial charge < -0.3 is 9.88 Å². The molecule has 2 aromatic heterocycles. The van der Waals surface area contributed by atoms with Crippen LogP contribution in [-0.2, 0) is 7.05 Å². The second-order valence-corrected chi connectivity index (χ2v) is 6.27. The van der Waals surface area contributed by atoms with Crippen molar-refractivity contribution in [2.45, 2.75) is 6.04 Å². The average Bonchev–Trinajstić information content (AvgIpc) is 3.13. The van der Waals surface area contributed by atoms with Crippen LogP contribution in [0.4, 0.5) is 4.39 Å². The number of hydrogen-bond acceptors (Lipinski definition) is 4. The second kappa shape index (κ2) is 7.07. The second-order valence-electron chi connectivity index (χ2n) is 6.27. The highest BCUT2D eigenvalue weighted by Crippen LogP contribution is 2.24. The van der Waals surface area contributed by atoms with Crippen LogP contribution in [0.5, 0.6) is 0 Å². The molecule has 1 atom stereocenters. The summed E-state index contributed by atoms with van der Waals surface area (Å²) in [5, 5.41) is 9.80. The summed E-state index contributed by atoms with van der Waals surface area (Å²) >= 11 is 0. The van der Waals surface area contributed by atoms with Crippen molar-refractivity contribution in [3.63, 3.8) is 0 Å². The topological polar surface area (TPSA) is 92.7 Å². The maximum absolute atomic E-state index is 14.5. The highest BCUT2D eigenvalue weighted by molar-refractivity contribution is 6.04. The fraction of sp³-hybridized carbons (Fsp3) is 0.100. The van der Waals surface area contributed by atoms with E-state index < -0.39 is 17.8 Å². The van der Waals surface area contributed by atoms with E-state index in [1.54, 1.807) is 66.5 Å². The molecule has 140 valence electrons. The molecule has 28 heavy (non-hydrogen) atoms. The molecule has 0 bridgehead atoms. The van der Waals surface area contributed by atoms with Gasteiger partial charge in [-0.05, 0) is 12.1 Å². The Labute approximate surface area is 158 Å². The predicted octanol–water partition coefficient (Wildman–Crippen LogP) is 2.32. The van der Waals surface area contributed by atoms with Crippen LogP contribution in [-0.4, -0.2) is 25.7 Å². The van der Waals surface area contributed by atoms with Crippen molar-refractivity contribution >= 4 is 16.7 Å². The number of hydrogen-bond donors (Lipinski definition) is 2. The molecule has 0 saturated heterocycles. The maximum atomic E-state index is 14.5. The molecule has 0 saturated carbocycles. The zero-order chi connectivity index (χ0) is 19.7. The maximum Gasteiger partial charge on any atom is 0.273 e. The zero-order valence-corrected chi connectivity index (χ0v) is 14.9. The first kappa shape index (κ1) is 17.6. The summed E-state index contributed by atoms with van der Waals surface area (Å²) in [6.45, 7) is 0. The van der Waals surface area contributed by atoms with Gasteiger partial charge in [-0.3, -0.25) is 9.59 Å². The molecule has 8 heteroatoms. The predicted molar refractivity (Wildman–Crippen MR) is 101 cm³/mol. The number of nitrogens with zero attached hydrogens (tertiary/aromatic N) is 3. The van der Waals surface area contributed by atoms with Crippen LogP contribution >= 0.6 is 0 Å². The number of aromatic nitrogens is 4. The zero-order valence-electron chi connectivity index (χ0n) is 14.9. The van der Waals surface area contributed by atoms with Gasteiger partial charge in [-0.25, -0.2) is 14.5 Å². The largest absolute Gasteiger partial charge is 0.336 e. The van der Waals surface area contributed by atoms with Crippen LogP contribution in [0.2, 0.25) is 0 Å². The fourth-order valence-corrected chi connectivity index (χ4v) is 3.13. The Bertz CT molecular complexity index is 1230. The molecule has 0 unspecified atom stereocenters. The third kappa shape index (κ3) is 3.05. The number of H-pyrrole nitrogens is 1. The standard InChI is InChI=1S/C20H16FN5O2/c1-26-11-10-22-18(26)16(14-8-4-5-9-15(14)21)23-20(28)17-12-6-2-3-7-13(12)19(27)25-24-17/h2-11,16H,1H3,(H,23,28)(H,25,27)/t16-/m0/s1. The lowest BCUT2D eigenvalue weighted by Gasteiger charge is -2.19. The van der Waals surface area contributed by atoms with Crippen LogP contribution in [0.3, 0.4) is 0 Å². The Morgan fingerprint density at radius 2 is 1.86 bits per heavy atom. The average molecular weight is 377 g/mol. The van der Waals surface area contributed by atoms with E-state index in [1.807, 2.05) is 0 Å². The van der Waals surface area contributed by atoms with Crippen molar-refractivity contribution in [2.75, 3.05) is 0 Å². The van der Waals surface area contributed by atoms with E-state index in [-0.39, 0.29) is 16.8 Å². The van der Waals surface area contributed by atoms with Gasteiger partial charge in [0, 0.05) is 30.4 Å². The number of halogens is 1. The molecule has 2 N–H and O–H groups in total. The summed E-state index contributed by atoms with van der Waals surface area (Å²) in [7, 11) is 1.76. The molecular weight excluding hydrogens is 361 g/mol. The summed E-state index contributed by atoms with van der Waals surface area (Å²) in [6.07, 6.45) is 3.28. The van der Waals surface area contributed by atoms with Gasteiger partial charge in [0.2, 0.25) is 0 Å². The Balaban J connectivity index is 1.79. The Hall–Kier alpha value is -3.81. The Kier molecular flexibility index (Phi) is 4.44. The van der Waals surface area contributed by atoms with Crippen LogP contribution in [0.25, 0.3) is 10.8 Å². The van der Waals surface area contributed by atoms with Gasteiger partial charge in [0.05, 0.1) is 5.39 Å². The number of aryl methyl sites for hydroxylation is 1. The summed E-state index contributed by atoms with van der Waals surface area (Å²) in [4.78, 5) is 29.2. The first-order chi connectivity index (χ1) is 13.6. The normalized spacial score (nSPS) is 12.1. The molecule has 0 fully saturated rings. The lowest BCUT2D eigenvalue weighted by molar-refractivity contribution is 0.0936. The highest BCUT2D eigenvalue weighted by atomic mass is 19.1. The smallest absolute Gasteiger partial charge is 0.273 e. The third-order valence-electron chi connectivity index (χ3n) is 4.52. The molecule has 4 aromatic rings. The number of amides is 1. The van der Waals surface area contributed by atoms with Crippen molar-refractivity contribution in [1.29, 1.82) is 0 Å². The Morgan fingerprint density at radius 1 is 1.14 bits per heavy atom. The molecule has 1 amide bonds. The summed E-state index contributed by atoms with van der Waals surface area (Å²) < 4.78 is 16.2. The summed E-state index contributed by atoms with van der Waals surface area (Å²) in [6, 6.07) is 12.0.